The Hall–Kier alpha value is -2.51. The molecule has 0 fully saturated rings. The number of anilines is 1. The number of carbonyl (C=O) groups is 2. The van der Waals surface area contributed by atoms with E-state index >= 15 is 0 Å². The normalized spacial score (nSPS) is 17.3. The standard InChI is InChI=1S/C19H17ClN4O2S/c1-10(18-22-12-4-2-3-5-13(12)23-18)21-17(25)9-16-19(26)24-14-8-11(20)6-7-15(14)27-16/h2-8,10,16H,9H2,1H3,(H,21,25)(H,22,23)(H,24,26)/t10-,16-/m1/s1. The van der Waals surface area contributed by atoms with Crippen molar-refractivity contribution in [2.45, 2.75) is 29.5 Å². The summed E-state index contributed by atoms with van der Waals surface area (Å²) in [6.45, 7) is 1.86. The second-order valence-electron chi connectivity index (χ2n) is 6.37. The van der Waals surface area contributed by atoms with E-state index in [0.29, 0.717) is 16.5 Å². The molecular formula is C19H17ClN4O2S. The summed E-state index contributed by atoms with van der Waals surface area (Å²) < 4.78 is 0. The number of carbonyl (C=O) groups excluding carboxylic acids is 2. The maximum Gasteiger partial charge on any atom is 0.238 e. The first-order valence-corrected chi connectivity index (χ1v) is 9.76. The minimum Gasteiger partial charge on any atom is -0.346 e. The largest absolute Gasteiger partial charge is 0.346 e. The van der Waals surface area contributed by atoms with Crippen molar-refractivity contribution >= 4 is 51.9 Å². The van der Waals surface area contributed by atoms with E-state index in [-0.39, 0.29) is 24.3 Å². The molecule has 1 aromatic heterocycles. The molecule has 2 aromatic carbocycles. The molecule has 27 heavy (non-hydrogen) atoms. The average molecular weight is 401 g/mol. The van der Waals surface area contributed by atoms with E-state index < -0.39 is 5.25 Å². The van der Waals surface area contributed by atoms with Gasteiger partial charge in [0.1, 0.15) is 5.82 Å². The van der Waals surface area contributed by atoms with Crippen molar-refractivity contribution in [3.05, 3.63) is 53.3 Å². The number of imidazole rings is 1. The summed E-state index contributed by atoms with van der Waals surface area (Å²) in [7, 11) is 0. The molecule has 2 atom stereocenters. The van der Waals surface area contributed by atoms with Crippen LogP contribution in [-0.4, -0.2) is 27.0 Å². The van der Waals surface area contributed by atoms with Crippen molar-refractivity contribution < 1.29 is 9.59 Å². The van der Waals surface area contributed by atoms with E-state index in [9.17, 15) is 9.59 Å². The van der Waals surface area contributed by atoms with Crippen LogP contribution < -0.4 is 10.6 Å². The Balaban J connectivity index is 1.41. The van der Waals surface area contributed by atoms with E-state index in [1.54, 1.807) is 12.1 Å². The first kappa shape index (κ1) is 17.9. The second kappa shape index (κ2) is 7.25. The van der Waals surface area contributed by atoms with Crippen LogP contribution in [0.1, 0.15) is 25.2 Å². The molecule has 3 aromatic rings. The molecule has 0 radical (unpaired) electrons. The third-order valence-electron chi connectivity index (χ3n) is 4.33. The third-order valence-corrected chi connectivity index (χ3v) is 5.84. The molecular weight excluding hydrogens is 384 g/mol. The molecule has 1 aliphatic rings. The van der Waals surface area contributed by atoms with Crippen LogP contribution in [0.4, 0.5) is 5.69 Å². The minimum atomic E-state index is -0.485. The smallest absolute Gasteiger partial charge is 0.238 e. The molecule has 8 heteroatoms. The fourth-order valence-electron chi connectivity index (χ4n) is 2.97. The molecule has 0 spiro atoms. The summed E-state index contributed by atoms with van der Waals surface area (Å²) in [5.41, 5.74) is 2.46. The number of amides is 2. The zero-order chi connectivity index (χ0) is 19.0. The molecule has 6 nitrogen and oxygen atoms in total. The van der Waals surface area contributed by atoms with Crippen LogP contribution in [0.15, 0.2) is 47.4 Å². The van der Waals surface area contributed by atoms with Crippen LogP contribution in [0.3, 0.4) is 0 Å². The van der Waals surface area contributed by atoms with Gasteiger partial charge in [-0.15, -0.1) is 11.8 Å². The molecule has 0 aliphatic carbocycles. The monoisotopic (exact) mass is 400 g/mol. The molecule has 0 bridgehead atoms. The highest BCUT2D eigenvalue weighted by Crippen LogP contribution is 2.38. The Morgan fingerprint density at radius 3 is 2.96 bits per heavy atom. The van der Waals surface area contributed by atoms with Crippen molar-refractivity contribution in [2.24, 2.45) is 0 Å². The van der Waals surface area contributed by atoms with Crippen molar-refractivity contribution in [2.75, 3.05) is 5.32 Å². The number of thioether (sulfide) groups is 1. The number of hydrogen-bond acceptors (Lipinski definition) is 4. The highest BCUT2D eigenvalue weighted by atomic mass is 35.5. The molecule has 0 saturated heterocycles. The Bertz CT molecular complexity index is 1000. The van der Waals surface area contributed by atoms with Crippen LogP contribution in [0.2, 0.25) is 5.02 Å². The predicted molar refractivity (Wildman–Crippen MR) is 107 cm³/mol. The Labute approximate surface area is 165 Å². The second-order valence-corrected chi connectivity index (χ2v) is 8.05. The Kier molecular flexibility index (Phi) is 4.80. The number of halogens is 1. The highest BCUT2D eigenvalue weighted by Gasteiger charge is 2.29. The molecule has 3 N–H and O–H groups in total. The van der Waals surface area contributed by atoms with E-state index in [0.717, 1.165) is 15.9 Å². The zero-order valence-electron chi connectivity index (χ0n) is 14.5. The first-order chi connectivity index (χ1) is 13.0. The number of aromatic nitrogens is 2. The lowest BCUT2D eigenvalue weighted by atomic mass is 10.2. The van der Waals surface area contributed by atoms with Crippen LogP contribution in [0.5, 0.6) is 0 Å². The number of nitrogens with zero attached hydrogens (tertiary/aromatic N) is 1. The summed E-state index contributed by atoms with van der Waals surface area (Å²) in [5.74, 6) is 0.291. The summed E-state index contributed by atoms with van der Waals surface area (Å²) in [6.07, 6.45) is 0.0864. The van der Waals surface area contributed by atoms with Crippen molar-refractivity contribution in [3.63, 3.8) is 0 Å². The van der Waals surface area contributed by atoms with Gasteiger partial charge in [0.15, 0.2) is 0 Å². The van der Waals surface area contributed by atoms with Gasteiger partial charge in [-0.3, -0.25) is 9.59 Å². The van der Waals surface area contributed by atoms with Crippen LogP contribution in [0.25, 0.3) is 11.0 Å². The van der Waals surface area contributed by atoms with Crippen molar-refractivity contribution in [1.29, 1.82) is 0 Å². The highest BCUT2D eigenvalue weighted by molar-refractivity contribution is 8.01. The number of para-hydroxylation sites is 2. The zero-order valence-corrected chi connectivity index (χ0v) is 16.0. The maximum absolute atomic E-state index is 12.5. The predicted octanol–water partition coefficient (Wildman–Crippen LogP) is 3.90. The number of aromatic amines is 1. The van der Waals surface area contributed by atoms with Gasteiger partial charge in [-0.2, -0.15) is 0 Å². The topological polar surface area (TPSA) is 86.9 Å². The lowest BCUT2D eigenvalue weighted by Crippen LogP contribution is -2.36. The number of fused-ring (bicyclic) bond motifs is 2. The average Bonchev–Trinajstić information content (AvgIpc) is 3.07. The summed E-state index contributed by atoms with van der Waals surface area (Å²) in [4.78, 5) is 33.4. The lowest BCUT2D eigenvalue weighted by molar-refractivity contribution is -0.124. The third kappa shape index (κ3) is 3.79. The molecule has 138 valence electrons. The summed E-state index contributed by atoms with van der Waals surface area (Å²) >= 11 is 7.33. The molecule has 4 rings (SSSR count). The van der Waals surface area contributed by atoms with Gasteiger partial charge < -0.3 is 15.6 Å². The van der Waals surface area contributed by atoms with E-state index in [1.165, 1.54) is 11.8 Å². The quantitative estimate of drug-likeness (QED) is 0.620. The molecule has 0 unspecified atom stereocenters. The van der Waals surface area contributed by atoms with Gasteiger partial charge in [-0.25, -0.2) is 4.98 Å². The SMILES string of the molecule is C[C@@H](NC(=O)C[C@H]1Sc2ccc(Cl)cc2NC1=O)c1nc2ccccc2[nH]1. The van der Waals surface area contributed by atoms with Gasteiger partial charge in [-0.05, 0) is 37.3 Å². The van der Waals surface area contributed by atoms with Crippen molar-refractivity contribution in [3.8, 4) is 0 Å². The van der Waals surface area contributed by atoms with Crippen molar-refractivity contribution in [1.82, 2.24) is 15.3 Å². The number of nitrogens with one attached hydrogen (secondary N) is 3. The van der Waals surface area contributed by atoms with E-state index in [2.05, 4.69) is 20.6 Å². The van der Waals surface area contributed by atoms with Crippen LogP contribution in [-0.2, 0) is 9.59 Å². The minimum absolute atomic E-state index is 0.0864. The van der Waals surface area contributed by atoms with Crippen LogP contribution >= 0.6 is 23.4 Å². The first-order valence-electron chi connectivity index (χ1n) is 8.50. The van der Waals surface area contributed by atoms with Gasteiger partial charge in [0.05, 0.1) is 28.0 Å². The van der Waals surface area contributed by atoms with Gasteiger partial charge in [0, 0.05) is 16.3 Å². The number of rotatable bonds is 4. The molecule has 2 heterocycles. The molecule has 0 saturated carbocycles. The number of hydrogen-bond donors (Lipinski definition) is 3. The maximum atomic E-state index is 12.5. The van der Waals surface area contributed by atoms with Gasteiger partial charge >= 0.3 is 0 Å². The van der Waals surface area contributed by atoms with Gasteiger partial charge in [-0.1, -0.05) is 23.7 Å². The van der Waals surface area contributed by atoms with E-state index in [4.69, 9.17) is 11.6 Å². The Morgan fingerprint density at radius 2 is 2.15 bits per heavy atom. The summed E-state index contributed by atoms with van der Waals surface area (Å²) in [5, 5.41) is 5.80. The van der Waals surface area contributed by atoms with Crippen LogP contribution in [0, 0.1) is 0 Å². The fourth-order valence-corrected chi connectivity index (χ4v) is 4.23. The number of benzene rings is 2. The van der Waals surface area contributed by atoms with E-state index in [1.807, 2.05) is 37.3 Å². The fraction of sp³-hybridized carbons (Fsp3) is 0.211. The molecule has 2 amide bonds. The van der Waals surface area contributed by atoms with Gasteiger partial charge in [0.25, 0.3) is 0 Å². The summed E-state index contributed by atoms with van der Waals surface area (Å²) in [6, 6.07) is 12.7. The van der Waals surface area contributed by atoms with Gasteiger partial charge in [0.2, 0.25) is 11.8 Å². The molecule has 1 aliphatic heterocycles. The number of H-pyrrole nitrogens is 1. The Morgan fingerprint density at radius 1 is 1.33 bits per heavy atom. The lowest BCUT2D eigenvalue weighted by Gasteiger charge is -2.24.